The highest BCUT2D eigenvalue weighted by atomic mass is 35.5. The van der Waals surface area contributed by atoms with Crippen LogP contribution >= 0.6 is 22.9 Å². The molecule has 1 aliphatic rings. The first-order valence-corrected chi connectivity index (χ1v) is 7.38. The van der Waals surface area contributed by atoms with Crippen molar-refractivity contribution < 1.29 is 4.79 Å². The van der Waals surface area contributed by atoms with E-state index in [2.05, 4.69) is 28.6 Å². The fourth-order valence-corrected chi connectivity index (χ4v) is 3.26. The van der Waals surface area contributed by atoms with E-state index in [1.54, 1.807) is 0 Å². The predicted octanol–water partition coefficient (Wildman–Crippen LogP) is 2.39. The second-order valence-corrected chi connectivity index (χ2v) is 6.32. The molecule has 0 aliphatic carbocycles. The number of rotatable bonds is 4. The smallest absolute Gasteiger partial charge is 0.187 e. The number of aldehydes is 1. The minimum Gasteiger partial charge on any atom is -0.345 e. The van der Waals surface area contributed by atoms with Gasteiger partial charge in [0, 0.05) is 32.7 Å². The number of hydrogen-bond acceptors (Lipinski definition) is 5. The van der Waals surface area contributed by atoms with Crippen LogP contribution in [0.3, 0.4) is 0 Å². The van der Waals surface area contributed by atoms with Crippen LogP contribution in [0.2, 0.25) is 5.15 Å². The van der Waals surface area contributed by atoms with Crippen molar-refractivity contribution in [1.82, 2.24) is 9.88 Å². The Morgan fingerprint density at radius 2 is 2.06 bits per heavy atom. The van der Waals surface area contributed by atoms with Crippen LogP contribution in [0.4, 0.5) is 5.13 Å². The van der Waals surface area contributed by atoms with E-state index >= 15 is 0 Å². The summed E-state index contributed by atoms with van der Waals surface area (Å²) in [5.41, 5.74) is 0. The van der Waals surface area contributed by atoms with Crippen LogP contribution in [0.1, 0.15) is 23.5 Å². The largest absolute Gasteiger partial charge is 0.345 e. The second-order valence-electron chi connectivity index (χ2n) is 4.95. The molecule has 0 N–H and O–H groups in total. The maximum atomic E-state index is 10.8. The van der Waals surface area contributed by atoms with Crippen LogP contribution in [0.15, 0.2) is 0 Å². The summed E-state index contributed by atoms with van der Waals surface area (Å²) in [5.74, 6) is 0.701. The first kappa shape index (κ1) is 13.8. The summed E-state index contributed by atoms with van der Waals surface area (Å²) in [6.45, 7) is 9.63. The highest BCUT2D eigenvalue weighted by Crippen LogP contribution is 2.28. The molecular formula is C12H18ClN3OS. The Balaban J connectivity index is 1.94. The van der Waals surface area contributed by atoms with Gasteiger partial charge in [0.15, 0.2) is 16.6 Å². The van der Waals surface area contributed by atoms with Gasteiger partial charge in [-0.25, -0.2) is 4.98 Å². The van der Waals surface area contributed by atoms with Gasteiger partial charge in [-0.05, 0) is 5.92 Å². The normalized spacial score (nSPS) is 17.4. The molecule has 0 amide bonds. The van der Waals surface area contributed by atoms with Crippen molar-refractivity contribution >= 4 is 34.4 Å². The van der Waals surface area contributed by atoms with Crippen molar-refractivity contribution in [3.8, 4) is 0 Å². The standard InChI is InChI=1S/C12H18ClN3OS/c1-9(2)7-15-3-5-16(6-4-15)12-14-11(13)10(8-17)18-12/h8-9H,3-7H2,1-2H3. The molecule has 6 heteroatoms. The van der Waals surface area contributed by atoms with Gasteiger partial charge in [0.1, 0.15) is 4.88 Å². The van der Waals surface area contributed by atoms with Gasteiger partial charge < -0.3 is 4.90 Å². The Kier molecular flexibility index (Phi) is 4.59. The van der Waals surface area contributed by atoms with Gasteiger partial charge >= 0.3 is 0 Å². The number of thiazole rings is 1. The van der Waals surface area contributed by atoms with Crippen LogP contribution in [0, 0.1) is 5.92 Å². The summed E-state index contributed by atoms with van der Waals surface area (Å²) in [5, 5.41) is 1.20. The van der Waals surface area contributed by atoms with Gasteiger partial charge in [-0.15, -0.1) is 0 Å². The monoisotopic (exact) mass is 287 g/mol. The lowest BCUT2D eigenvalue weighted by Gasteiger charge is -2.35. The van der Waals surface area contributed by atoms with Crippen LogP contribution in [-0.2, 0) is 0 Å². The number of carbonyl (C=O) groups excluding carboxylic acids is 1. The average Bonchev–Trinajstić information content (AvgIpc) is 2.71. The number of anilines is 1. The Morgan fingerprint density at radius 3 is 2.56 bits per heavy atom. The van der Waals surface area contributed by atoms with E-state index in [-0.39, 0.29) is 0 Å². The summed E-state index contributed by atoms with van der Waals surface area (Å²) in [6.07, 6.45) is 0.776. The van der Waals surface area contributed by atoms with Crippen molar-refractivity contribution in [3.63, 3.8) is 0 Å². The molecule has 0 spiro atoms. The van der Waals surface area contributed by atoms with E-state index in [1.165, 1.54) is 11.3 Å². The van der Waals surface area contributed by atoms with Gasteiger partial charge in [0.05, 0.1) is 0 Å². The average molecular weight is 288 g/mol. The van der Waals surface area contributed by atoms with Crippen molar-refractivity contribution in [2.24, 2.45) is 5.92 Å². The Morgan fingerprint density at radius 1 is 1.39 bits per heavy atom. The third-order valence-corrected chi connectivity index (χ3v) is 4.41. The van der Waals surface area contributed by atoms with Gasteiger partial charge in [-0.2, -0.15) is 0 Å². The van der Waals surface area contributed by atoms with Gasteiger partial charge in [0.25, 0.3) is 0 Å². The molecule has 0 radical (unpaired) electrons. The number of nitrogens with zero attached hydrogens (tertiary/aromatic N) is 3. The molecule has 1 aromatic rings. The predicted molar refractivity (Wildman–Crippen MR) is 76.0 cm³/mol. The molecule has 1 fully saturated rings. The molecule has 100 valence electrons. The highest BCUT2D eigenvalue weighted by Gasteiger charge is 2.21. The SMILES string of the molecule is CC(C)CN1CCN(c2nc(Cl)c(C=O)s2)CC1. The number of aromatic nitrogens is 1. The lowest BCUT2D eigenvalue weighted by molar-refractivity contribution is 0.112. The van der Waals surface area contributed by atoms with Gasteiger partial charge in [-0.3, -0.25) is 9.69 Å². The van der Waals surface area contributed by atoms with E-state index in [4.69, 9.17) is 11.6 Å². The topological polar surface area (TPSA) is 36.4 Å². The Bertz CT molecular complexity index is 413. The van der Waals surface area contributed by atoms with Crippen molar-refractivity contribution in [3.05, 3.63) is 10.0 Å². The fourth-order valence-electron chi connectivity index (χ4n) is 2.15. The van der Waals surface area contributed by atoms with Crippen molar-refractivity contribution in [1.29, 1.82) is 0 Å². The summed E-state index contributed by atoms with van der Waals surface area (Å²) in [7, 11) is 0. The van der Waals surface area contributed by atoms with Crippen molar-refractivity contribution in [2.75, 3.05) is 37.6 Å². The van der Waals surface area contributed by atoms with E-state index < -0.39 is 0 Å². The molecule has 18 heavy (non-hydrogen) atoms. The zero-order valence-corrected chi connectivity index (χ0v) is 12.3. The number of halogens is 1. The van der Waals surface area contributed by atoms with E-state index in [0.717, 1.165) is 44.1 Å². The molecule has 1 aromatic heterocycles. The van der Waals surface area contributed by atoms with Crippen molar-refractivity contribution in [2.45, 2.75) is 13.8 Å². The molecule has 1 aliphatic heterocycles. The first-order valence-electron chi connectivity index (χ1n) is 6.19. The molecule has 0 saturated carbocycles. The summed E-state index contributed by atoms with van der Waals surface area (Å²) < 4.78 is 0. The molecule has 0 unspecified atom stereocenters. The summed E-state index contributed by atoms with van der Waals surface area (Å²) in [4.78, 5) is 20.2. The van der Waals surface area contributed by atoms with Gasteiger partial charge in [0.2, 0.25) is 0 Å². The number of piperazine rings is 1. The van der Waals surface area contributed by atoms with Gasteiger partial charge in [-0.1, -0.05) is 36.8 Å². The zero-order chi connectivity index (χ0) is 13.1. The molecule has 0 atom stereocenters. The number of carbonyl (C=O) groups is 1. The van der Waals surface area contributed by atoms with E-state index in [0.29, 0.717) is 15.9 Å². The Hall–Kier alpha value is -0.650. The van der Waals surface area contributed by atoms with Crippen LogP contribution in [0.5, 0.6) is 0 Å². The summed E-state index contributed by atoms with van der Waals surface area (Å²) >= 11 is 7.27. The van der Waals surface area contributed by atoms with Crippen LogP contribution in [0.25, 0.3) is 0 Å². The maximum Gasteiger partial charge on any atom is 0.187 e. The minimum absolute atomic E-state index is 0.328. The highest BCUT2D eigenvalue weighted by molar-refractivity contribution is 7.17. The van der Waals surface area contributed by atoms with E-state index in [1.807, 2.05) is 0 Å². The molecule has 1 saturated heterocycles. The molecule has 4 nitrogen and oxygen atoms in total. The maximum absolute atomic E-state index is 10.8. The first-order chi connectivity index (χ1) is 8.60. The van der Waals surface area contributed by atoms with Crippen LogP contribution < -0.4 is 4.90 Å². The summed E-state index contributed by atoms with van der Waals surface area (Å²) in [6, 6.07) is 0. The minimum atomic E-state index is 0.328. The van der Waals surface area contributed by atoms with Crippen LogP contribution in [-0.4, -0.2) is 48.9 Å². The quantitative estimate of drug-likeness (QED) is 0.797. The molecule has 2 rings (SSSR count). The fraction of sp³-hybridized carbons (Fsp3) is 0.667. The lowest BCUT2D eigenvalue weighted by Crippen LogP contribution is -2.47. The van der Waals surface area contributed by atoms with E-state index in [9.17, 15) is 4.79 Å². The molecule has 2 heterocycles. The molecule has 0 aromatic carbocycles. The number of hydrogen-bond donors (Lipinski definition) is 0. The lowest BCUT2D eigenvalue weighted by atomic mass is 10.2. The Labute approximate surface area is 117 Å². The molecular weight excluding hydrogens is 270 g/mol. The molecule has 0 bridgehead atoms. The zero-order valence-electron chi connectivity index (χ0n) is 10.7. The second kappa shape index (κ2) is 5.99. The third kappa shape index (κ3) is 3.22. The third-order valence-electron chi connectivity index (χ3n) is 2.97.